The molecule has 1 aliphatic heterocycles. The van der Waals surface area contributed by atoms with E-state index in [0.717, 1.165) is 0 Å². The fourth-order valence-electron chi connectivity index (χ4n) is 2.16. The van der Waals surface area contributed by atoms with Gasteiger partial charge in [-0.3, -0.25) is 4.79 Å². The summed E-state index contributed by atoms with van der Waals surface area (Å²) in [5, 5.41) is 5.82. The van der Waals surface area contributed by atoms with E-state index in [0.29, 0.717) is 39.9 Å². The molecule has 0 atom stereocenters. The van der Waals surface area contributed by atoms with E-state index in [2.05, 4.69) is 26.6 Å². The zero-order valence-electron chi connectivity index (χ0n) is 12.4. The quantitative estimate of drug-likeness (QED) is 0.790. The molecule has 126 valence electrons. The van der Waals surface area contributed by atoms with Gasteiger partial charge in [0.05, 0.1) is 17.9 Å². The highest BCUT2D eigenvalue weighted by Gasteiger charge is 2.16. The van der Waals surface area contributed by atoms with Gasteiger partial charge in [-0.05, 0) is 34.1 Å². The van der Waals surface area contributed by atoms with Gasteiger partial charge in [0.2, 0.25) is 5.91 Å². The minimum Gasteiger partial charge on any atom is -0.486 e. The van der Waals surface area contributed by atoms with Crippen LogP contribution in [0.1, 0.15) is 0 Å². The normalized spacial score (nSPS) is 12.6. The number of amides is 1. The highest BCUT2D eigenvalue weighted by atomic mass is 79.9. The van der Waals surface area contributed by atoms with Crippen molar-refractivity contribution in [3.63, 3.8) is 0 Å². The van der Waals surface area contributed by atoms with Gasteiger partial charge in [-0.2, -0.15) is 0 Å². The third-order valence-electron chi connectivity index (χ3n) is 3.27. The average molecular weight is 416 g/mol. The van der Waals surface area contributed by atoms with Crippen LogP contribution in [0.3, 0.4) is 0 Å². The Morgan fingerprint density at radius 2 is 1.88 bits per heavy atom. The van der Waals surface area contributed by atoms with E-state index in [1.807, 2.05) is 0 Å². The number of nitrogens with one attached hydrogen (secondary N) is 2. The van der Waals surface area contributed by atoms with Crippen molar-refractivity contribution >= 4 is 44.8 Å². The van der Waals surface area contributed by atoms with Crippen LogP contribution in [0, 0.1) is 5.82 Å². The molecule has 0 aliphatic carbocycles. The molecule has 3 rings (SSSR count). The SMILES string of the molecule is O=C(CNc1cc(Cl)ccc1F)Nc1cc2c(cc1Br)OCCO2. The van der Waals surface area contributed by atoms with Crippen molar-refractivity contribution < 1.29 is 18.7 Å². The van der Waals surface area contributed by atoms with Crippen molar-refractivity contribution in [2.75, 3.05) is 30.4 Å². The molecule has 1 aliphatic rings. The molecular formula is C16H13BrClFN2O3. The number of rotatable bonds is 4. The molecule has 8 heteroatoms. The molecule has 0 fully saturated rings. The predicted octanol–water partition coefficient (Wildman–Crippen LogP) is 4.06. The standard InChI is InChI=1S/C16H13BrClFN2O3/c17-10-6-14-15(24-4-3-23-14)7-12(10)21-16(22)8-20-13-5-9(18)1-2-11(13)19/h1-2,5-7,20H,3-4,8H2,(H,21,22). The Hall–Kier alpha value is -1.99. The predicted molar refractivity (Wildman–Crippen MR) is 93.7 cm³/mol. The van der Waals surface area contributed by atoms with Crippen LogP contribution in [-0.2, 0) is 4.79 Å². The summed E-state index contributed by atoms with van der Waals surface area (Å²) in [6.07, 6.45) is 0. The van der Waals surface area contributed by atoms with Crippen LogP contribution >= 0.6 is 27.5 Å². The minimum absolute atomic E-state index is 0.113. The van der Waals surface area contributed by atoms with Gasteiger partial charge in [-0.25, -0.2) is 4.39 Å². The first-order valence-electron chi connectivity index (χ1n) is 7.11. The van der Waals surface area contributed by atoms with Gasteiger partial charge in [-0.15, -0.1) is 0 Å². The summed E-state index contributed by atoms with van der Waals surface area (Å²) in [6.45, 7) is 0.829. The summed E-state index contributed by atoms with van der Waals surface area (Å²) >= 11 is 9.18. The van der Waals surface area contributed by atoms with Gasteiger partial charge in [0.25, 0.3) is 0 Å². The van der Waals surface area contributed by atoms with Crippen LogP contribution < -0.4 is 20.1 Å². The van der Waals surface area contributed by atoms with E-state index in [-0.39, 0.29) is 18.1 Å². The number of anilines is 2. The van der Waals surface area contributed by atoms with Crippen LogP contribution in [-0.4, -0.2) is 25.7 Å². The lowest BCUT2D eigenvalue weighted by molar-refractivity contribution is -0.114. The molecule has 1 heterocycles. The molecule has 2 N–H and O–H groups in total. The van der Waals surface area contributed by atoms with E-state index in [9.17, 15) is 9.18 Å². The molecule has 0 aromatic heterocycles. The van der Waals surface area contributed by atoms with E-state index in [1.165, 1.54) is 18.2 Å². The van der Waals surface area contributed by atoms with Gasteiger partial charge in [0, 0.05) is 21.6 Å². The Balaban J connectivity index is 1.65. The van der Waals surface area contributed by atoms with Crippen LogP contribution in [0.5, 0.6) is 11.5 Å². The molecule has 2 aromatic rings. The Labute approximate surface area is 151 Å². The molecule has 0 bridgehead atoms. The zero-order valence-corrected chi connectivity index (χ0v) is 14.7. The van der Waals surface area contributed by atoms with E-state index >= 15 is 0 Å². The molecule has 0 saturated heterocycles. The van der Waals surface area contributed by atoms with Crippen molar-refractivity contribution in [3.8, 4) is 11.5 Å². The van der Waals surface area contributed by atoms with Gasteiger partial charge in [0.1, 0.15) is 19.0 Å². The molecule has 5 nitrogen and oxygen atoms in total. The number of carbonyl (C=O) groups is 1. The summed E-state index contributed by atoms with van der Waals surface area (Å²) in [5.74, 6) is 0.360. The molecule has 0 saturated carbocycles. The van der Waals surface area contributed by atoms with Crippen LogP contribution in [0.2, 0.25) is 5.02 Å². The summed E-state index contributed by atoms with van der Waals surface area (Å²) in [6, 6.07) is 7.50. The van der Waals surface area contributed by atoms with E-state index in [1.54, 1.807) is 12.1 Å². The summed E-state index contributed by atoms with van der Waals surface area (Å²) < 4.78 is 25.2. The van der Waals surface area contributed by atoms with Crippen molar-refractivity contribution in [3.05, 3.63) is 45.6 Å². The Morgan fingerprint density at radius 3 is 2.62 bits per heavy atom. The first-order chi connectivity index (χ1) is 11.5. The minimum atomic E-state index is -0.479. The lowest BCUT2D eigenvalue weighted by Gasteiger charge is -2.20. The van der Waals surface area contributed by atoms with Gasteiger partial charge in [0.15, 0.2) is 11.5 Å². The topological polar surface area (TPSA) is 59.6 Å². The van der Waals surface area contributed by atoms with E-state index in [4.69, 9.17) is 21.1 Å². The molecule has 0 radical (unpaired) electrons. The second-order valence-corrected chi connectivity index (χ2v) is 6.29. The molecule has 24 heavy (non-hydrogen) atoms. The average Bonchev–Trinajstić information content (AvgIpc) is 2.56. The molecular weight excluding hydrogens is 403 g/mol. The fourth-order valence-corrected chi connectivity index (χ4v) is 2.76. The Morgan fingerprint density at radius 1 is 1.17 bits per heavy atom. The largest absolute Gasteiger partial charge is 0.486 e. The fraction of sp³-hybridized carbons (Fsp3) is 0.188. The summed E-state index contributed by atoms with van der Waals surface area (Å²) in [4.78, 5) is 12.1. The lowest BCUT2D eigenvalue weighted by Crippen LogP contribution is -2.23. The highest BCUT2D eigenvalue weighted by Crippen LogP contribution is 2.38. The first kappa shape index (κ1) is 16.9. The molecule has 0 unspecified atom stereocenters. The number of benzene rings is 2. The number of carbonyl (C=O) groups excluding carboxylic acids is 1. The number of hydrogen-bond donors (Lipinski definition) is 2. The third kappa shape index (κ3) is 3.91. The van der Waals surface area contributed by atoms with Crippen molar-refractivity contribution in [2.24, 2.45) is 0 Å². The maximum Gasteiger partial charge on any atom is 0.243 e. The van der Waals surface area contributed by atoms with Crippen molar-refractivity contribution in [1.29, 1.82) is 0 Å². The van der Waals surface area contributed by atoms with Gasteiger partial charge >= 0.3 is 0 Å². The number of hydrogen-bond acceptors (Lipinski definition) is 4. The van der Waals surface area contributed by atoms with Crippen molar-refractivity contribution in [2.45, 2.75) is 0 Å². The number of fused-ring (bicyclic) bond motifs is 1. The molecule has 2 aromatic carbocycles. The Bertz CT molecular complexity index is 788. The lowest BCUT2D eigenvalue weighted by atomic mass is 10.2. The smallest absolute Gasteiger partial charge is 0.243 e. The maximum absolute atomic E-state index is 13.6. The van der Waals surface area contributed by atoms with Gasteiger partial charge in [-0.1, -0.05) is 11.6 Å². The zero-order chi connectivity index (χ0) is 17.1. The van der Waals surface area contributed by atoms with Crippen LogP contribution in [0.25, 0.3) is 0 Å². The maximum atomic E-state index is 13.6. The van der Waals surface area contributed by atoms with E-state index < -0.39 is 5.82 Å². The summed E-state index contributed by atoms with van der Waals surface area (Å²) in [5.41, 5.74) is 0.705. The molecule has 0 spiro atoms. The first-order valence-corrected chi connectivity index (χ1v) is 8.28. The second kappa shape index (κ2) is 7.27. The second-order valence-electron chi connectivity index (χ2n) is 5.00. The Kier molecular flexibility index (Phi) is 5.11. The van der Waals surface area contributed by atoms with Crippen LogP contribution in [0.4, 0.5) is 15.8 Å². The summed E-state index contributed by atoms with van der Waals surface area (Å²) in [7, 11) is 0. The van der Waals surface area contributed by atoms with Gasteiger partial charge < -0.3 is 20.1 Å². The van der Waals surface area contributed by atoms with Crippen LogP contribution in [0.15, 0.2) is 34.8 Å². The molecule has 1 amide bonds. The number of halogens is 3. The highest BCUT2D eigenvalue weighted by molar-refractivity contribution is 9.10. The number of ether oxygens (including phenoxy) is 2. The van der Waals surface area contributed by atoms with Crippen molar-refractivity contribution in [1.82, 2.24) is 0 Å². The third-order valence-corrected chi connectivity index (χ3v) is 4.16. The monoisotopic (exact) mass is 414 g/mol.